The minimum absolute atomic E-state index is 0.135. The van der Waals surface area contributed by atoms with Crippen molar-refractivity contribution in [2.45, 2.75) is 51.0 Å². The van der Waals surface area contributed by atoms with Gasteiger partial charge in [0.25, 0.3) is 0 Å². The normalized spacial score (nSPS) is 22.2. The van der Waals surface area contributed by atoms with Gasteiger partial charge in [0.15, 0.2) is 0 Å². The Morgan fingerprint density at radius 3 is 2.17 bits per heavy atom. The second-order valence-corrected chi connectivity index (χ2v) is 3.85. The minimum Gasteiger partial charge on any atom is -0.229 e. The summed E-state index contributed by atoms with van der Waals surface area (Å²) >= 11 is 0. The Morgan fingerprint density at radius 2 is 1.67 bits per heavy atom. The molecule has 0 radical (unpaired) electrons. The number of aliphatic imine (C=N–C) groups is 2. The standard InChI is InChI=1S/C10H18N2/c1-10(12-9-11-2)7-5-3-4-6-8-10/h3-8H2,1-2H3. The van der Waals surface area contributed by atoms with Gasteiger partial charge in [-0.25, -0.2) is 9.98 Å². The summed E-state index contributed by atoms with van der Waals surface area (Å²) in [6.07, 6.45) is 7.77. The van der Waals surface area contributed by atoms with E-state index in [1.807, 2.05) is 0 Å². The first kappa shape index (κ1) is 9.47. The van der Waals surface area contributed by atoms with Gasteiger partial charge in [-0.1, -0.05) is 25.7 Å². The lowest BCUT2D eigenvalue weighted by Gasteiger charge is -2.20. The van der Waals surface area contributed by atoms with Crippen molar-refractivity contribution in [1.29, 1.82) is 0 Å². The fourth-order valence-corrected chi connectivity index (χ4v) is 1.77. The SMILES string of the molecule is CN=C=NC1(C)CCCCCC1. The second kappa shape index (κ2) is 4.42. The van der Waals surface area contributed by atoms with Gasteiger partial charge < -0.3 is 0 Å². The van der Waals surface area contributed by atoms with Gasteiger partial charge in [0.1, 0.15) is 0 Å². The average Bonchev–Trinajstić information content (AvgIpc) is 2.27. The molecule has 12 heavy (non-hydrogen) atoms. The van der Waals surface area contributed by atoms with Crippen molar-refractivity contribution >= 4 is 6.01 Å². The van der Waals surface area contributed by atoms with Gasteiger partial charge in [0, 0.05) is 7.05 Å². The number of rotatable bonds is 1. The van der Waals surface area contributed by atoms with Gasteiger partial charge in [-0.05, 0) is 19.8 Å². The number of hydrogen-bond acceptors (Lipinski definition) is 2. The van der Waals surface area contributed by atoms with Crippen LogP contribution in [0.15, 0.2) is 9.98 Å². The summed E-state index contributed by atoms with van der Waals surface area (Å²) in [5.41, 5.74) is 0.135. The summed E-state index contributed by atoms with van der Waals surface area (Å²) in [6.45, 7) is 2.22. The first-order valence-electron chi connectivity index (χ1n) is 4.83. The van der Waals surface area contributed by atoms with Crippen LogP contribution in [0.25, 0.3) is 0 Å². The molecule has 0 saturated heterocycles. The fraction of sp³-hybridized carbons (Fsp3) is 0.900. The number of hydrogen-bond donors (Lipinski definition) is 0. The molecule has 2 nitrogen and oxygen atoms in total. The summed E-state index contributed by atoms with van der Waals surface area (Å²) in [6, 6.07) is 2.74. The van der Waals surface area contributed by atoms with E-state index in [1.165, 1.54) is 38.5 Å². The zero-order chi connectivity index (χ0) is 8.86. The highest BCUT2D eigenvalue weighted by Crippen LogP contribution is 2.29. The van der Waals surface area contributed by atoms with Crippen molar-refractivity contribution in [1.82, 2.24) is 0 Å². The Bertz CT molecular complexity index is 182. The van der Waals surface area contributed by atoms with Gasteiger partial charge in [0.2, 0.25) is 0 Å². The van der Waals surface area contributed by atoms with E-state index in [1.54, 1.807) is 7.05 Å². The molecular formula is C10H18N2. The van der Waals surface area contributed by atoms with Gasteiger partial charge in [-0.2, -0.15) is 0 Å². The van der Waals surface area contributed by atoms with Crippen molar-refractivity contribution in [3.63, 3.8) is 0 Å². The zero-order valence-corrected chi connectivity index (χ0v) is 8.14. The molecule has 0 aromatic carbocycles. The largest absolute Gasteiger partial charge is 0.229 e. The summed E-state index contributed by atoms with van der Waals surface area (Å²) < 4.78 is 0. The molecule has 0 amide bonds. The van der Waals surface area contributed by atoms with Crippen LogP contribution in [-0.2, 0) is 0 Å². The van der Waals surface area contributed by atoms with E-state index < -0.39 is 0 Å². The van der Waals surface area contributed by atoms with E-state index in [0.29, 0.717) is 0 Å². The Labute approximate surface area is 74.8 Å². The van der Waals surface area contributed by atoms with Crippen molar-refractivity contribution in [2.75, 3.05) is 7.05 Å². The quantitative estimate of drug-likeness (QED) is 0.422. The maximum atomic E-state index is 4.38. The van der Waals surface area contributed by atoms with E-state index >= 15 is 0 Å². The van der Waals surface area contributed by atoms with E-state index in [2.05, 4.69) is 22.9 Å². The zero-order valence-electron chi connectivity index (χ0n) is 8.14. The topological polar surface area (TPSA) is 24.7 Å². The molecule has 68 valence electrons. The highest BCUT2D eigenvalue weighted by molar-refractivity contribution is 5.41. The fourth-order valence-electron chi connectivity index (χ4n) is 1.77. The maximum absolute atomic E-state index is 4.38. The van der Waals surface area contributed by atoms with Crippen LogP contribution < -0.4 is 0 Å². The van der Waals surface area contributed by atoms with Gasteiger partial charge in [-0.15, -0.1) is 0 Å². The number of nitrogens with zero attached hydrogens (tertiary/aromatic N) is 2. The van der Waals surface area contributed by atoms with Crippen LogP contribution in [0.2, 0.25) is 0 Å². The molecule has 0 N–H and O–H groups in total. The molecular weight excluding hydrogens is 148 g/mol. The predicted octanol–water partition coefficient (Wildman–Crippen LogP) is 2.90. The van der Waals surface area contributed by atoms with Gasteiger partial charge in [0.05, 0.1) is 11.5 Å². The molecule has 0 aliphatic heterocycles. The van der Waals surface area contributed by atoms with Crippen LogP contribution in [0.4, 0.5) is 0 Å². The van der Waals surface area contributed by atoms with E-state index in [9.17, 15) is 0 Å². The summed E-state index contributed by atoms with van der Waals surface area (Å²) in [4.78, 5) is 8.17. The highest BCUT2D eigenvalue weighted by atomic mass is 14.9. The van der Waals surface area contributed by atoms with Crippen LogP contribution in [0.5, 0.6) is 0 Å². The van der Waals surface area contributed by atoms with Crippen LogP contribution >= 0.6 is 0 Å². The molecule has 0 heterocycles. The van der Waals surface area contributed by atoms with Crippen molar-refractivity contribution in [3.8, 4) is 0 Å². The van der Waals surface area contributed by atoms with Crippen LogP contribution in [0.3, 0.4) is 0 Å². The lowest BCUT2D eigenvalue weighted by molar-refractivity contribution is 0.414. The van der Waals surface area contributed by atoms with Crippen LogP contribution in [0, 0.1) is 0 Å². The summed E-state index contributed by atoms with van der Waals surface area (Å²) in [5, 5.41) is 0. The molecule has 0 aromatic heterocycles. The summed E-state index contributed by atoms with van der Waals surface area (Å²) in [7, 11) is 1.73. The third kappa shape index (κ3) is 2.78. The molecule has 1 saturated carbocycles. The first-order chi connectivity index (χ1) is 5.77. The lowest BCUT2D eigenvalue weighted by atomic mass is 9.94. The molecule has 0 spiro atoms. The molecule has 2 heteroatoms. The van der Waals surface area contributed by atoms with Crippen LogP contribution in [-0.4, -0.2) is 18.6 Å². The highest BCUT2D eigenvalue weighted by Gasteiger charge is 2.23. The molecule has 0 unspecified atom stereocenters. The average molecular weight is 166 g/mol. The maximum Gasteiger partial charge on any atom is 0.0895 e. The van der Waals surface area contributed by atoms with Gasteiger partial charge >= 0.3 is 0 Å². The molecule has 0 bridgehead atoms. The second-order valence-electron chi connectivity index (χ2n) is 3.85. The van der Waals surface area contributed by atoms with Crippen molar-refractivity contribution in [3.05, 3.63) is 0 Å². The van der Waals surface area contributed by atoms with E-state index in [-0.39, 0.29) is 5.54 Å². The minimum atomic E-state index is 0.135. The summed E-state index contributed by atoms with van der Waals surface area (Å²) in [5.74, 6) is 0. The van der Waals surface area contributed by atoms with Crippen molar-refractivity contribution < 1.29 is 0 Å². The Balaban J connectivity index is 2.60. The predicted molar refractivity (Wildman–Crippen MR) is 51.9 cm³/mol. The Kier molecular flexibility index (Phi) is 3.48. The Morgan fingerprint density at radius 1 is 1.08 bits per heavy atom. The van der Waals surface area contributed by atoms with E-state index in [0.717, 1.165) is 0 Å². The smallest absolute Gasteiger partial charge is 0.0895 e. The third-order valence-corrected chi connectivity index (χ3v) is 2.60. The third-order valence-electron chi connectivity index (χ3n) is 2.60. The lowest BCUT2D eigenvalue weighted by Crippen LogP contribution is -2.19. The Hall–Kier alpha value is -0.620. The van der Waals surface area contributed by atoms with Crippen LogP contribution in [0.1, 0.15) is 45.4 Å². The molecule has 0 aromatic rings. The molecule has 1 rings (SSSR count). The molecule has 1 fully saturated rings. The monoisotopic (exact) mass is 166 g/mol. The molecule has 1 aliphatic carbocycles. The van der Waals surface area contributed by atoms with E-state index in [4.69, 9.17) is 0 Å². The first-order valence-corrected chi connectivity index (χ1v) is 4.83. The van der Waals surface area contributed by atoms with Gasteiger partial charge in [-0.3, -0.25) is 0 Å². The molecule has 0 atom stereocenters. The van der Waals surface area contributed by atoms with Crippen molar-refractivity contribution in [2.24, 2.45) is 9.98 Å². The molecule has 1 aliphatic rings.